The molecule has 5 nitrogen and oxygen atoms in total. The van der Waals surface area contributed by atoms with Crippen molar-refractivity contribution in [1.82, 2.24) is 14.8 Å². The molecule has 0 saturated carbocycles. The van der Waals surface area contributed by atoms with E-state index < -0.39 is 0 Å². The maximum absolute atomic E-state index is 5.88. The summed E-state index contributed by atoms with van der Waals surface area (Å²) < 4.78 is 1.92. The first-order chi connectivity index (χ1) is 7.72. The maximum atomic E-state index is 5.88. The predicted molar refractivity (Wildman–Crippen MR) is 64.2 cm³/mol. The molecule has 0 atom stereocenters. The second kappa shape index (κ2) is 4.22. The zero-order valence-corrected chi connectivity index (χ0v) is 9.44. The van der Waals surface area contributed by atoms with E-state index in [1.807, 2.05) is 42.9 Å². The van der Waals surface area contributed by atoms with Crippen molar-refractivity contribution in [3.8, 4) is 0 Å². The molecule has 16 heavy (non-hydrogen) atoms. The van der Waals surface area contributed by atoms with Crippen LogP contribution in [0.5, 0.6) is 0 Å². The summed E-state index contributed by atoms with van der Waals surface area (Å²) >= 11 is 0. The van der Waals surface area contributed by atoms with Gasteiger partial charge in [0.05, 0.1) is 0 Å². The summed E-state index contributed by atoms with van der Waals surface area (Å²) in [6, 6.07) is 7.79. The Morgan fingerprint density at radius 1 is 1.31 bits per heavy atom. The van der Waals surface area contributed by atoms with E-state index in [1.165, 1.54) is 0 Å². The van der Waals surface area contributed by atoms with Crippen molar-refractivity contribution in [2.45, 2.75) is 6.42 Å². The first-order valence-electron chi connectivity index (χ1n) is 5.11. The summed E-state index contributed by atoms with van der Waals surface area (Å²) in [6.45, 7) is 0. The minimum atomic E-state index is 0.692. The molecule has 0 aliphatic carbocycles. The summed E-state index contributed by atoms with van der Waals surface area (Å²) in [4.78, 5) is 0. The van der Waals surface area contributed by atoms with Gasteiger partial charge in [0.1, 0.15) is 5.82 Å². The Morgan fingerprint density at radius 2 is 2.06 bits per heavy atom. The lowest BCUT2D eigenvalue weighted by Crippen LogP contribution is -2.04. The fourth-order valence-electron chi connectivity index (χ4n) is 1.60. The van der Waals surface area contributed by atoms with Crippen LogP contribution < -0.4 is 11.1 Å². The number of nitrogens with zero attached hydrogens (tertiary/aromatic N) is 3. The summed E-state index contributed by atoms with van der Waals surface area (Å²) in [6.07, 6.45) is 0.692. The van der Waals surface area contributed by atoms with E-state index in [4.69, 9.17) is 5.73 Å². The molecule has 0 bridgehead atoms. The quantitative estimate of drug-likeness (QED) is 0.753. The second-order valence-corrected chi connectivity index (χ2v) is 3.62. The van der Waals surface area contributed by atoms with Gasteiger partial charge in [-0.2, -0.15) is 0 Å². The SMILES string of the molecule is CNc1nnc(Cc2ccccc2N)n1C. The molecule has 0 radical (unpaired) electrons. The third-order valence-corrected chi connectivity index (χ3v) is 2.59. The van der Waals surface area contributed by atoms with E-state index in [0.717, 1.165) is 23.0 Å². The number of anilines is 2. The van der Waals surface area contributed by atoms with E-state index in [2.05, 4.69) is 15.5 Å². The van der Waals surface area contributed by atoms with Crippen LogP contribution >= 0.6 is 0 Å². The molecule has 0 amide bonds. The first-order valence-corrected chi connectivity index (χ1v) is 5.11. The summed E-state index contributed by atoms with van der Waals surface area (Å²) in [5.41, 5.74) is 7.74. The van der Waals surface area contributed by atoms with E-state index in [9.17, 15) is 0 Å². The molecule has 0 fully saturated rings. The lowest BCUT2D eigenvalue weighted by Gasteiger charge is -2.05. The Morgan fingerprint density at radius 3 is 2.69 bits per heavy atom. The number of nitrogens with one attached hydrogen (secondary N) is 1. The molecule has 1 aromatic carbocycles. The van der Waals surface area contributed by atoms with Crippen LogP contribution in [0.4, 0.5) is 11.6 Å². The van der Waals surface area contributed by atoms with Gasteiger partial charge in [0.15, 0.2) is 0 Å². The standard InChI is InChI=1S/C11H15N5/c1-13-11-15-14-10(16(11)2)7-8-5-3-4-6-9(8)12/h3-6H,7,12H2,1-2H3,(H,13,15). The first kappa shape index (κ1) is 10.5. The van der Waals surface area contributed by atoms with Gasteiger partial charge in [-0.15, -0.1) is 10.2 Å². The zero-order valence-electron chi connectivity index (χ0n) is 9.44. The van der Waals surface area contributed by atoms with Gasteiger partial charge in [-0.25, -0.2) is 0 Å². The van der Waals surface area contributed by atoms with Crippen molar-refractivity contribution >= 4 is 11.6 Å². The van der Waals surface area contributed by atoms with Crippen LogP contribution in [0.15, 0.2) is 24.3 Å². The number of rotatable bonds is 3. The largest absolute Gasteiger partial charge is 0.398 e. The number of benzene rings is 1. The summed E-state index contributed by atoms with van der Waals surface area (Å²) in [5, 5.41) is 11.1. The highest BCUT2D eigenvalue weighted by Crippen LogP contribution is 2.15. The number of nitrogen functional groups attached to an aromatic ring is 1. The van der Waals surface area contributed by atoms with Crippen LogP contribution in [-0.4, -0.2) is 21.8 Å². The Kier molecular flexibility index (Phi) is 2.76. The summed E-state index contributed by atoms with van der Waals surface area (Å²) in [7, 11) is 3.75. The van der Waals surface area contributed by atoms with Gasteiger partial charge in [0, 0.05) is 26.2 Å². The van der Waals surface area contributed by atoms with Crippen molar-refractivity contribution in [3.05, 3.63) is 35.7 Å². The highest BCUT2D eigenvalue weighted by Gasteiger charge is 2.08. The molecule has 1 aromatic heterocycles. The lowest BCUT2D eigenvalue weighted by atomic mass is 10.1. The van der Waals surface area contributed by atoms with E-state index in [1.54, 1.807) is 0 Å². The molecule has 2 rings (SSSR count). The Balaban J connectivity index is 2.27. The van der Waals surface area contributed by atoms with Crippen LogP contribution in [0.25, 0.3) is 0 Å². The Labute approximate surface area is 94.3 Å². The van der Waals surface area contributed by atoms with Crippen molar-refractivity contribution < 1.29 is 0 Å². The van der Waals surface area contributed by atoms with Crippen LogP contribution in [0.2, 0.25) is 0 Å². The summed E-state index contributed by atoms with van der Waals surface area (Å²) in [5.74, 6) is 1.65. The average Bonchev–Trinajstić information content (AvgIpc) is 2.63. The molecule has 0 spiro atoms. The molecule has 2 aromatic rings. The molecular weight excluding hydrogens is 202 g/mol. The topological polar surface area (TPSA) is 68.8 Å². The van der Waals surface area contributed by atoms with Crippen molar-refractivity contribution in [3.63, 3.8) is 0 Å². The fourth-order valence-corrected chi connectivity index (χ4v) is 1.60. The molecule has 0 aliphatic rings. The minimum absolute atomic E-state index is 0.692. The van der Waals surface area contributed by atoms with E-state index in [-0.39, 0.29) is 0 Å². The van der Waals surface area contributed by atoms with Crippen LogP contribution in [-0.2, 0) is 13.5 Å². The number of aromatic nitrogens is 3. The minimum Gasteiger partial charge on any atom is -0.398 e. The molecule has 0 saturated heterocycles. The average molecular weight is 217 g/mol. The normalized spacial score (nSPS) is 10.4. The van der Waals surface area contributed by atoms with Gasteiger partial charge in [-0.05, 0) is 11.6 Å². The molecule has 3 N–H and O–H groups in total. The number of para-hydroxylation sites is 1. The van der Waals surface area contributed by atoms with Crippen molar-refractivity contribution in [2.75, 3.05) is 18.1 Å². The lowest BCUT2D eigenvalue weighted by molar-refractivity contribution is 0.826. The van der Waals surface area contributed by atoms with Gasteiger partial charge < -0.3 is 15.6 Å². The highest BCUT2D eigenvalue weighted by molar-refractivity contribution is 5.47. The van der Waals surface area contributed by atoms with Gasteiger partial charge in [-0.3, -0.25) is 0 Å². The third-order valence-electron chi connectivity index (χ3n) is 2.59. The fraction of sp³-hybridized carbons (Fsp3) is 0.273. The van der Waals surface area contributed by atoms with Crippen LogP contribution in [0.1, 0.15) is 11.4 Å². The highest BCUT2D eigenvalue weighted by atomic mass is 15.3. The van der Waals surface area contributed by atoms with Crippen LogP contribution in [0.3, 0.4) is 0 Å². The van der Waals surface area contributed by atoms with Crippen LogP contribution in [0, 0.1) is 0 Å². The molecule has 84 valence electrons. The number of hydrogen-bond acceptors (Lipinski definition) is 4. The van der Waals surface area contributed by atoms with Gasteiger partial charge in [0.2, 0.25) is 5.95 Å². The van der Waals surface area contributed by atoms with Gasteiger partial charge in [0.25, 0.3) is 0 Å². The molecule has 5 heteroatoms. The van der Waals surface area contributed by atoms with E-state index >= 15 is 0 Å². The van der Waals surface area contributed by atoms with Crippen molar-refractivity contribution in [1.29, 1.82) is 0 Å². The number of hydrogen-bond donors (Lipinski definition) is 2. The smallest absolute Gasteiger partial charge is 0.224 e. The zero-order chi connectivity index (χ0) is 11.5. The predicted octanol–water partition coefficient (Wildman–Crippen LogP) is 1.03. The number of nitrogens with two attached hydrogens (primary N) is 1. The Bertz CT molecular complexity index is 489. The van der Waals surface area contributed by atoms with Crippen molar-refractivity contribution in [2.24, 2.45) is 7.05 Å². The molecule has 1 heterocycles. The molecule has 0 aliphatic heterocycles. The molecule has 0 unspecified atom stereocenters. The monoisotopic (exact) mass is 217 g/mol. The van der Waals surface area contributed by atoms with Gasteiger partial charge >= 0.3 is 0 Å². The van der Waals surface area contributed by atoms with E-state index in [0.29, 0.717) is 6.42 Å². The maximum Gasteiger partial charge on any atom is 0.224 e. The second-order valence-electron chi connectivity index (χ2n) is 3.62. The Hall–Kier alpha value is -2.04. The third kappa shape index (κ3) is 1.84. The van der Waals surface area contributed by atoms with Gasteiger partial charge in [-0.1, -0.05) is 18.2 Å². The molecular formula is C11H15N5.